The molecule has 0 aliphatic rings. The molecule has 178 valence electrons. The predicted molar refractivity (Wildman–Crippen MR) is 148 cm³/mol. The van der Waals surface area contributed by atoms with E-state index in [0.717, 1.165) is 8.58 Å². The molecule has 6 aromatic rings. The minimum absolute atomic E-state index is 0. The number of rotatable bonds is 3. The van der Waals surface area contributed by atoms with Gasteiger partial charge in [-0.05, 0) is 23.4 Å². The molecule has 6 rings (SSSR count). The largest absolute Gasteiger partial charge is 4.00 e. The van der Waals surface area contributed by atoms with E-state index < -0.39 is 0 Å². The fraction of sp³-hybridized carbons (Fsp3) is 0.0625. The van der Waals surface area contributed by atoms with Gasteiger partial charge in [0, 0.05) is 0 Å². The summed E-state index contributed by atoms with van der Waals surface area (Å²) in [5.41, 5.74) is 5.33. The van der Waals surface area contributed by atoms with Gasteiger partial charge in [-0.3, -0.25) is 0 Å². The van der Waals surface area contributed by atoms with Crippen molar-refractivity contribution in [3.05, 3.63) is 132 Å². The van der Waals surface area contributed by atoms with Crippen LogP contribution in [0.2, 0.25) is 0 Å². The van der Waals surface area contributed by atoms with Crippen LogP contribution in [0.3, 0.4) is 0 Å². The second-order valence-corrected chi connectivity index (χ2v) is 9.89. The molecule has 0 aliphatic heterocycles. The summed E-state index contributed by atoms with van der Waals surface area (Å²) < 4.78 is 0. The Labute approximate surface area is 243 Å². The van der Waals surface area contributed by atoms with E-state index in [0.29, 0.717) is 0 Å². The van der Waals surface area contributed by atoms with Crippen molar-refractivity contribution in [1.29, 1.82) is 0 Å². The fourth-order valence-corrected chi connectivity index (χ4v) is 5.57. The van der Waals surface area contributed by atoms with Crippen molar-refractivity contribution in [2.75, 3.05) is 0 Å². The molecule has 0 saturated carbocycles. The molecule has 0 amide bonds. The third-order valence-corrected chi connectivity index (χ3v) is 7.43. The van der Waals surface area contributed by atoms with E-state index in [1.165, 1.54) is 54.4 Å². The Bertz CT molecular complexity index is 1480. The Morgan fingerprint density at radius 1 is 0.611 bits per heavy atom. The van der Waals surface area contributed by atoms with Crippen LogP contribution < -0.4 is 35.4 Å². The van der Waals surface area contributed by atoms with E-state index in [9.17, 15) is 0 Å². The molecule has 0 radical (unpaired) electrons. The molecule has 6 aromatic carbocycles. The maximum Gasteiger partial charge on any atom is 4.00 e. The van der Waals surface area contributed by atoms with Gasteiger partial charge in [0.05, 0.1) is 0 Å². The van der Waals surface area contributed by atoms with Crippen LogP contribution in [0.1, 0.15) is 11.1 Å². The van der Waals surface area contributed by atoms with Gasteiger partial charge in [-0.15, -0.1) is 74.9 Å². The van der Waals surface area contributed by atoms with Crippen molar-refractivity contribution in [3.8, 4) is 11.1 Å². The number of aryl methyl sites for hydroxylation is 2. The van der Waals surface area contributed by atoms with Gasteiger partial charge in [0.25, 0.3) is 0 Å². The van der Waals surface area contributed by atoms with Gasteiger partial charge in [-0.1, -0.05) is 87.8 Å². The summed E-state index contributed by atoms with van der Waals surface area (Å²) in [6.07, 6.45) is 0. The standard InChI is InChI=1S/C16H14P.C16H13.2ClH.Ti/c1-12-6-2-5-9-16(12)17-15-10-13-7-3-4-8-14(13)11-15;1-12-10-14-8-5-9-15(16(14)11-12)13-6-3-2-4-7-13;;;/h2-11,17H,1H3;2-11H,1H3;2*1H;/q2*-1;;;+4/p-2. The van der Waals surface area contributed by atoms with E-state index in [4.69, 9.17) is 0 Å². The van der Waals surface area contributed by atoms with Crippen molar-refractivity contribution in [1.82, 2.24) is 0 Å². The van der Waals surface area contributed by atoms with Crippen LogP contribution in [-0.4, -0.2) is 0 Å². The first kappa shape index (κ1) is 30.1. The second-order valence-electron chi connectivity index (χ2n) is 8.52. The van der Waals surface area contributed by atoms with Crippen LogP contribution in [0.5, 0.6) is 0 Å². The Balaban J connectivity index is 0.000000234. The molecule has 0 aromatic heterocycles. The smallest absolute Gasteiger partial charge is 1.00 e. The summed E-state index contributed by atoms with van der Waals surface area (Å²) >= 11 is 0. The summed E-state index contributed by atoms with van der Waals surface area (Å²) in [7, 11) is 0.759. The van der Waals surface area contributed by atoms with Crippen LogP contribution >= 0.6 is 8.58 Å². The Hall–Kier alpha value is -2.18. The van der Waals surface area contributed by atoms with Crippen LogP contribution in [0.25, 0.3) is 32.7 Å². The van der Waals surface area contributed by atoms with E-state index in [1.54, 1.807) is 0 Å². The molecule has 1 atom stereocenters. The van der Waals surface area contributed by atoms with Crippen molar-refractivity contribution in [2.24, 2.45) is 0 Å². The third kappa shape index (κ3) is 6.98. The van der Waals surface area contributed by atoms with Crippen LogP contribution in [-0.2, 0) is 21.7 Å². The molecule has 0 heterocycles. The molecular formula is C32H27Cl2PTi. The minimum Gasteiger partial charge on any atom is -1.00 e. The van der Waals surface area contributed by atoms with Gasteiger partial charge < -0.3 is 24.8 Å². The summed E-state index contributed by atoms with van der Waals surface area (Å²) in [6.45, 7) is 4.33. The number of hydrogen-bond donors (Lipinski definition) is 0. The zero-order valence-corrected chi connectivity index (χ0v) is 24.4. The molecule has 0 bridgehead atoms. The van der Waals surface area contributed by atoms with E-state index in [2.05, 4.69) is 135 Å². The van der Waals surface area contributed by atoms with Crippen molar-refractivity contribution >= 4 is 40.7 Å². The molecule has 0 N–H and O–H groups in total. The average Bonchev–Trinajstić information content (AvgIpc) is 3.43. The summed E-state index contributed by atoms with van der Waals surface area (Å²) in [6, 6.07) is 43.4. The number of halogens is 2. The van der Waals surface area contributed by atoms with E-state index in [-0.39, 0.29) is 46.5 Å². The molecule has 0 fully saturated rings. The minimum atomic E-state index is 0. The number of fused-ring (bicyclic) bond motifs is 2. The van der Waals surface area contributed by atoms with E-state index >= 15 is 0 Å². The van der Waals surface area contributed by atoms with Crippen molar-refractivity contribution < 1.29 is 46.5 Å². The Morgan fingerprint density at radius 3 is 2.03 bits per heavy atom. The van der Waals surface area contributed by atoms with Crippen LogP contribution in [0.15, 0.2) is 121 Å². The van der Waals surface area contributed by atoms with Crippen LogP contribution in [0, 0.1) is 13.8 Å². The molecular weight excluding hydrogens is 534 g/mol. The number of hydrogen-bond acceptors (Lipinski definition) is 0. The molecule has 36 heavy (non-hydrogen) atoms. The molecule has 4 heteroatoms. The molecule has 0 spiro atoms. The summed E-state index contributed by atoms with van der Waals surface area (Å²) in [5.74, 6) is 0. The summed E-state index contributed by atoms with van der Waals surface area (Å²) in [4.78, 5) is 0. The molecule has 1 unspecified atom stereocenters. The molecule has 0 aliphatic carbocycles. The Kier molecular flexibility index (Phi) is 11.6. The monoisotopic (exact) mass is 560 g/mol. The SMILES string of the molecule is Cc1cc2c(-c3ccccc3)cccc2[cH-]1.Cc1ccccc1Pc1cc2ccccc2[cH-]1.[Cl-].[Cl-].[Ti+4]. The van der Waals surface area contributed by atoms with Gasteiger partial charge in [-0.2, -0.15) is 12.1 Å². The van der Waals surface area contributed by atoms with Gasteiger partial charge >= 0.3 is 21.7 Å². The van der Waals surface area contributed by atoms with Gasteiger partial charge in [0.2, 0.25) is 0 Å². The normalized spacial score (nSPS) is 10.3. The quantitative estimate of drug-likeness (QED) is 0.177. The zero-order chi connectivity index (χ0) is 22.6. The summed E-state index contributed by atoms with van der Waals surface area (Å²) in [5, 5.41) is 8.26. The van der Waals surface area contributed by atoms with Gasteiger partial charge in [0.1, 0.15) is 0 Å². The fourth-order valence-electron chi connectivity index (χ4n) is 4.35. The first-order valence-corrected chi connectivity index (χ1v) is 12.4. The van der Waals surface area contributed by atoms with Gasteiger partial charge in [-0.25, -0.2) is 0 Å². The maximum atomic E-state index is 2.31. The van der Waals surface area contributed by atoms with Crippen molar-refractivity contribution in [3.63, 3.8) is 0 Å². The zero-order valence-electron chi connectivity index (χ0n) is 20.3. The first-order chi connectivity index (χ1) is 16.2. The topological polar surface area (TPSA) is 0 Å². The first-order valence-electron chi connectivity index (χ1n) is 11.4. The molecule has 0 saturated heterocycles. The Morgan fingerprint density at radius 2 is 1.28 bits per heavy atom. The second kappa shape index (κ2) is 13.9. The van der Waals surface area contributed by atoms with Crippen molar-refractivity contribution in [2.45, 2.75) is 13.8 Å². The maximum absolute atomic E-state index is 2.31. The average molecular weight is 561 g/mol. The number of benzene rings is 4. The van der Waals surface area contributed by atoms with E-state index in [1.807, 2.05) is 0 Å². The van der Waals surface area contributed by atoms with Gasteiger partial charge in [0.15, 0.2) is 0 Å². The van der Waals surface area contributed by atoms with Crippen LogP contribution in [0.4, 0.5) is 0 Å². The third-order valence-electron chi connectivity index (χ3n) is 6.02. The predicted octanol–water partition coefficient (Wildman–Crippen LogP) is 2.04. The molecule has 0 nitrogen and oxygen atoms in total.